The number of rotatable bonds is 6. The first-order valence-electron chi connectivity index (χ1n) is 4.90. The van der Waals surface area contributed by atoms with Crippen molar-refractivity contribution in [2.24, 2.45) is 0 Å². The maximum Gasteiger partial charge on any atom is 0.344 e. The Balaban J connectivity index is 2.14. The minimum atomic E-state index is -0.524. The normalized spacial score (nSPS) is 9.81. The van der Waals surface area contributed by atoms with Gasteiger partial charge in [-0.2, -0.15) is 0 Å². The van der Waals surface area contributed by atoms with Crippen LogP contribution in [0.3, 0.4) is 0 Å². The number of nitrogens with zero attached hydrogens (tertiary/aromatic N) is 1. The van der Waals surface area contributed by atoms with E-state index in [1.807, 2.05) is 5.38 Å². The van der Waals surface area contributed by atoms with Crippen LogP contribution in [-0.4, -0.2) is 30.1 Å². The van der Waals surface area contributed by atoms with Crippen molar-refractivity contribution in [2.45, 2.75) is 19.8 Å². The van der Waals surface area contributed by atoms with E-state index in [9.17, 15) is 9.59 Å². The lowest BCUT2D eigenvalue weighted by Gasteiger charge is -2.03. The molecule has 88 valence electrons. The Morgan fingerprint density at radius 1 is 1.38 bits per heavy atom. The SMILES string of the molecule is CCOC(=O)COC(=O)CCc1cscn1. The maximum absolute atomic E-state index is 11.2. The van der Waals surface area contributed by atoms with Crippen molar-refractivity contribution < 1.29 is 19.1 Å². The lowest BCUT2D eigenvalue weighted by Crippen LogP contribution is -2.16. The lowest BCUT2D eigenvalue weighted by atomic mass is 10.2. The first kappa shape index (κ1) is 12.6. The highest BCUT2D eigenvalue weighted by molar-refractivity contribution is 7.07. The third kappa shape index (κ3) is 4.88. The van der Waals surface area contributed by atoms with Crippen LogP contribution in [0.25, 0.3) is 0 Å². The van der Waals surface area contributed by atoms with Crippen molar-refractivity contribution >= 4 is 23.3 Å². The molecule has 0 saturated carbocycles. The average Bonchev–Trinajstić information content (AvgIpc) is 2.77. The topological polar surface area (TPSA) is 65.5 Å². The molecular formula is C10H13NO4S. The summed E-state index contributed by atoms with van der Waals surface area (Å²) >= 11 is 1.48. The zero-order valence-corrected chi connectivity index (χ0v) is 9.79. The summed E-state index contributed by atoms with van der Waals surface area (Å²) in [6.45, 7) is 1.67. The monoisotopic (exact) mass is 243 g/mol. The summed E-state index contributed by atoms with van der Waals surface area (Å²) in [7, 11) is 0. The maximum atomic E-state index is 11.2. The number of thiazole rings is 1. The fourth-order valence-corrected chi connectivity index (χ4v) is 1.60. The Hall–Kier alpha value is -1.43. The Bertz CT molecular complexity index is 337. The fourth-order valence-electron chi connectivity index (χ4n) is 1.01. The van der Waals surface area contributed by atoms with Crippen molar-refractivity contribution in [1.29, 1.82) is 0 Å². The van der Waals surface area contributed by atoms with Crippen LogP contribution in [0.15, 0.2) is 10.9 Å². The summed E-state index contributed by atoms with van der Waals surface area (Å²) in [6, 6.07) is 0. The number of aromatic nitrogens is 1. The molecule has 0 aliphatic carbocycles. The third-order valence-corrected chi connectivity index (χ3v) is 2.36. The van der Waals surface area contributed by atoms with E-state index in [4.69, 9.17) is 4.74 Å². The molecule has 0 spiro atoms. The highest BCUT2D eigenvalue weighted by atomic mass is 32.1. The largest absolute Gasteiger partial charge is 0.463 e. The van der Waals surface area contributed by atoms with Crippen LogP contribution >= 0.6 is 11.3 Å². The summed E-state index contributed by atoms with van der Waals surface area (Å²) < 4.78 is 9.33. The summed E-state index contributed by atoms with van der Waals surface area (Å²) in [5.41, 5.74) is 2.57. The summed E-state index contributed by atoms with van der Waals surface area (Å²) in [4.78, 5) is 26.1. The summed E-state index contributed by atoms with van der Waals surface area (Å²) in [6.07, 6.45) is 0.758. The average molecular weight is 243 g/mol. The van der Waals surface area contributed by atoms with E-state index in [0.29, 0.717) is 6.42 Å². The van der Waals surface area contributed by atoms with Gasteiger partial charge in [-0.3, -0.25) is 4.79 Å². The van der Waals surface area contributed by atoms with Crippen molar-refractivity contribution in [2.75, 3.05) is 13.2 Å². The Labute approximate surface area is 97.4 Å². The van der Waals surface area contributed by atoms with E-state index in [1.54, 1.807) is 12.4 Å². The van der Waals surface area contributed by atoms with E-state index in [0.717, 1.165) is 5.69 Å². The van der Waals surface area contributed by atoms with E-state index in [2.05, 4.69) is 9.72 Å². The Morgan fingerprint density at radius 2 is 2.19 bits per heavy atom. The van der Waals surface area contributed by atoms with Gasteiger partial charge in [0.2, 0.25) is 0 Å². The van der Waals surface area contributed by atoms with E-state index >= 15 is 0 Å². The number of carbonyl (C=O) groups is 2. The second kappa shape index (κ2) is 6.95. The molecule has 5 nitrogen and oxygen atoms in total. The number of aryl methyl sites for hydroxylation is 1. The van der Waals surface area contributed by atoms with Gasteiger partial charge in [0.1, 0.15) is 0 Å². The number of hydrogen-bond donors (Lipinski definition) is 0. The Kier molecular flexibility index (Phi) is 5.49. The molecule has 0 fully saturated rings. The molecule has 0 N–H and O–H groups in total. The summed E-state index contributed by atoms with van der Waals surface area (Å²) in [5, 5.41) is 1.87. The minimum absolute atomic E-state index is 0.225. The van der Waals surface area contributed by atoms with Crippen LogP contribution in [0.1, 0.15) is 19.0 Å². The molecule has 1 aromatic rings. The molecule has 0 amide bonds. The van der Waals surface area contributed by atoms with Gasteiger partial charge in [0.25, 0.3) is 0 Å². The van der Waals surface area contributed by atoms with Crippen molar-refractivity contribution in [3.05, 3.63) is 16.6 Å². The first-order chi connectivity index (χ1) is 7.72. The number of hydrogen-bond acceptors (Lipinski definition) is 6. The number of carbonyl (C=O) groups excluding carboxylic acids is 2. The lowest BCUT2D eigenvalue weighted by molar-refractivity contribution is -0.158. The van der Waals surface area contributed by atoms with Gasteiger partial charge in [0.15, 0.2) is 6.61 Å². The van der Waals surface area contributed by atoms with E-state index < -0.39 is 11.9 Å². The molecule has 0 bridgehead atoms. The Morgan fingerprint density at radius 3 is 2.81 bits per heavy atom. The molecule has 0 aliphatic rings. The molecule has 0 atom stereocenters. The standard InChI is InChI=1S/C10H13NO4S/c1-2-14-10(13)5-15-9(12)4-3-8-6-16-7-11-8/h6-7H,2-5H2,1H3. The molecule has 1 heterocycles. The van der Waals surface area contributed by atoms with E-state index in [-0.39, 0.29) is 19.6 Å². The summed E-state index contributed by atoms with van der Waals surface area (Å²) in [5.74, 6) is -0.939. The van der Waals surface area contributed by atoms with Crippen molar-refractivity contribution in [3.63, 3.8) is 0 Å². The predicted molar refractivity (Wildman–Crippen MR) is 58.0 cm³/mol. The third-order valence-electron chi connectivity index (χ3n) is 1.73. The van der Waals surface area contributed by atoms with Gasteiger partial charge in [-0.05, 0) is 6.92 Å². The quantitative estimate of drug-likeness (QED) is 0.702. The zero-order chi connectivity index (χ0) is 11.8. The van der Waals surface area contributed by atoms with Gasteiger partial charge < -0.3 is 9.47 Å². The van der Waals surface area contributed by atoms with Gasteiger partial charge >= 0.3 is 11.9 Å². The van der Waals surface area contributed by atoms with Crippen LogP contribution in [0, 0.1) is 0 Å². The number of esters is 2. The van der Waals surface area contributed by atoms with Crippen LogP contribution in [-0.2, 0) is 25.5 Å². The molecule has 16 heavy (non-hydrogen) atoms. The molecule has 0 radical (unpaired) electrons. The van der Waals surface area contributed by atoms with Crippen LogP contribution in [0.5, 0.6) is 0 Å². The molecule has 0 unspecified atom stereocenters. The second-order valence-electron chi connectivity index (χ2n) is 2.95. The van der Waals surface area contributed by atoms with Crippen molar-refractivity contribution in [3.8, 4) is 0 Å². The van der Waals surface area contributed by atoms with Gasteiger partial charge in [-0.25, -0.2) is 9.78 Å². The number of ether oxygens (including phenoxy) is 2. The second-order valence-corrected chi connectivity index (χ2v) is 3.66. The van der Waals surface area contributed by atoms with Crippen molar-refractivity contribution in [1.82, 2.24) is 4.98 Å². The van der Waals surface area contributed by atoms with Crippen LogP contribution in [0.2, 0.25) is 0 Å². The molecule has 6 heteroatoms. The van der Waals surface area contributed by atoms with E-state index in [1.165, 1.54) is 11.3 Å². The highest BCUT2D eigenvalue weighted by Gasteiger charge is 2.08. The minimum Gasteiger partial charge on any atom is -0.463 e. The van der Waals surface area contributed by atoms with Crippen LogP contribution < -0.4 is 0 Å². The first-order valence-corrected chi connectivity index (χ1v) is 5.85. The van der Waals surface area contributed by atoms with Gasteiger partial charge in [-0.1, -0.05) is 0 Å². The molecule has 0 aromatic carbocycles. The predicted octanol–water partition coefficient (Wildman–Crippen LogP) is 1.18. The van der Waals surface area contributed by atoms with Crippen LogP contribution in [0.4, 0.5) is 0 Å². The molecule has 1 rings (SSSR count). The molecule has 1 aromatic heterocycles. The molecular weight excluding hydrogens is 230 g/mol. The zero-order valence-electron chi connectivity index (χ0n) is 8.97. The molecule has 0 saturated heterocycles. The highest BCUT2D eigenvalue weighted by Crippen LogP contribution is 2.04. The van der Waals surface area contributed by atoms with Gasteiger partial charge in [-0.15, -0.1) is 11.3 Å². The van der Waals surface area contributed by atoms with Gasteiger partial charge in [0, 0.05) is 11.8 Å². The fraction of sp³-hybridized carbons (Fsp3) is 0.500. The molecule has 0 aliphatic heterocycles. The smallest absolute Gasteiger partial charge is 0.344 e. The van der Waals surface area contributed by atoms with Gasteiger partial charge in [0.05, 0.1) is 24.2 Å².